The molecule has 0 amide bonds. The van der Waals surface area contributed by atoms with Crippen LogP contribution in [0, 0.1) is 10.1 Å². The minimum atomic E-state index is 0.478. The van der Waals surface area contributed by atoms with Crippen molar-refractivity contribution in [2.75, 3.05) is 0 Å². The summed E-state index contributed by atoms with van der Waals surface area (Å²) in [5.41, 5.74) is 1.10. The van der Waals surface area contributed by atoms with Crippen molar-refractivity contribution in [3.63, 3.8) is 0 Å². The van der Waals surface area contributed by atoms with Crippen LogP contribution in [0.3, 0.4) is 0 Å². The Kier molecular flexibility index (Phi) is 3.34. The minimum absolute atomic E-state index is 0.478. The van der Waals surface area contributed by atoms with E-state index in [1.54, 1.807) is 0 Å². The van der Waals surface area contributed by atoms with Crippen LogP contribution in [-0.4, -0.2) is 0 Å². The number of rotatable bonds is 1. The van der Waals surface area contributed by atoms with E-state index in [1.165, 1.54) is 0 Å². The Balaban J connectivity index is 3.01. The van der Waals surface area contributed by atoms with Gasteiger partial charge in [-0.05, 0) is 40.8 Å². The molecule has 0 bridgehead atoms. The maximum atomic E-state index is 6.70. The summed E-state index contributed by atoms with van der Waals surface area (Å²) in [6.45, 7) is 7.18. The molecule has 0 atom stereocenters. The second kappa shape index (κ2) is 4.07. The smallest absolute Gasteiger partial charge is 0.240 e. The molecule has 0 aromatic heterocycles. The predicted octanol–water partition coefficient (Wildman–Crippen LogP) is 3.47. The highest BCUT2D eigenvalue weighted by molar-refractivity contribution is 14.1. The van der Waals surface area contributed by atoms with Gasteiger partial charge in [-0.2, -0.15) is 0 Å². The normalized spacial score (nSPS) is 9.18. The number of benzene rings is 1. The van der Waals surface area contributed by atoms with Crippen molar-refractivity contribution in [2.45, 2.75) is 6.54 Å². The Morgan fingerprint density at radius 1 is 1.55 bits per heavy atom. The standard InChI is InChI=1S/C8H5BrIN/c1-11-5-6-2-3-7(9)4-8(6)10/h2-4H,5H2. The van der Waals surface area contributed by atoms with Gasteiger partial charge in [-0.3, -0.25) is 0 Å². The zero-order chi connectivity index (χ0) is 8.27. The molecular weight excluding hydrogens is 317 g/mol. The summed E-state index contributed by atoms with van der Waals surface area (Å²) >= 11 is 5.60. The van der Waals surface area contributed by atoms with Gasteiger partial charge in [0.2, 0.25) is 6.54 Å². The molecule has 3 heteroatoms. The maximum Gasteiger partial charge on any atom is 0.240 e. The summed E-state index contributed by atoms with van der Waals surface area (Å²) in [4.78, 5) is 3.33. The first-order valence-electron chi connectivity index (χ1n) is 3.01. The van der Waals surface area contributed by atoms with E-state index in [0.29, 0.717) is 6.54 Å². The summed E-state index contributed by atoms with van der Waals surface area (Å²) in [5, 5.41) is 0. The molecule has 1 aromatic carbocycles. The van der Waals surface area contributed by atoms with Crippen molar-refractivity contribution < 1.29 is 0 Å². The fourth-order valence-electron chi connectivity index (χ4n) is 0.735. The summed E-state index contributed by atoms with van der Waals surface area (Å²) in [6, 6.07) is 5.95. The van der Waals surface area contributed by atoms with Crippen molar-refractivity contribution in [3.8, 4) is 0 Å². The molecule has 1 nitrogen and oxygen atoms in total. The first-order chi connectivity index (χ1) is 5.24. The van der Waals surface area contributed by atoms with Crippen molar-refractivity contribution >= 4 is 38.5 Å². The highest BCUT2D eigenvalue weighted by atomic mass is 127. The average molecular weight is 322 g/mol. The Labute approximate surface area is 87.9 Å². The van der Waals surface area contributed by atoms with Crippen LogP contribution in [0.25, 0.3) is 4.85 Å². The fourth-order valence-corrected chi connectivity index (χ4v) is 2.21. The van der Waals surface area contributed by atoms with Crippen LogP contribution in [0.5, 0.6) is 0 Å². The monoisotopic (exact) mass is 321 g/mol. The highest BCUT2D eigenvalue weighted by Crippen LogP contribution is 2.18. The molecule has 0 N–H and O–H groups in total. The van der Waals surface area contributed by atoms with Crippen LogP contribution in [0.4, 0.5) is 0 Å². The lowest BCUT2D eigenvalue weighted by Gasteiger charge is -1.96. The van der Waals surface area contributed by atoms with Crippen LogP contribution in [0.2, 0.25) is 0 Å². The molecule has 1 aromatic rings. The van der Waals surface area contributed by atoms with Gasteiger partial charge in [-0.15, -0.1) is 0 Å². The van der Waals surface area contributed by atoms with E-state index in [4.69, 9.17) is 6.57 Å². The quantitative estimate of drug-likeness (QED) is 0.551. The maximum absolute atomic E-state index is 6.70. The van der Waals surface area contributed by atoms with Crippen LogP contribution < -0.4 is 0 Å². The van der Waals surface area contributed by atoms with Crippen molar-refractivity contribution in [2.24, 2.45) is 0 Å². The van der Waals surface area contributed by atoms with Gasteiger partial charge >= 0.3 is 0 Å². The second-order valence-electron chi connectivity index (χ2n) is 2.05. The molecule has 0 saturated carbocycles. The number of hydrogen-bond donors (Lipinski definition) is 0. The van der Waals surface area contributed by atoms with E-state index in [2.05, 4.69) is 43.4 Å². The molecule has 11 heavy (non-hydrogen) atoms. The summed E-state index contributed by atoms with van der Waals surface area (Å²) in [7, 11) is 0. The zero-order valence-corrected chi connectivity index (χ0v) is 9.39. The number of halogens is 2. The molecule has 0 aliphatic rings. The highest BCUT2D eigenvalue weighted by Gasteiger charge is 2.00. The van der Waals surface area contributed by atoms with Gasteiger partial charge in [0.15, 0.2) is 0 Å². The van der Waals surface area contributed by atoms with E-state index in [1.807, 2.05) is 18.2 Å². The molecule has 0 radical (unpaired) electrons. The van der Waals surface area contributed by atoms with Gasteiger partial charge < -0.3 is 4.85 Å². The van der Waals surface area contributed by atoms with E-state index >= 15 is 0 Å². The molecule has 0 aliphatic heterocycles. The third kappa shape index (κ3) is 2.46. The van der Waals surface area contributed by atoms with Crippen LogP contribution in [-0.2, 0) is 6.54 Å². The van der Waals surface area contributed by atoms with E-state index in [0.717, 1.165) is 13.6 Å². The lowest BCUT2D eigenvalue weighted by atomic mass is 10.2. The van der Waals surface area contributed by atoms with Gasteiger partial charge in [0.25, 0.3) is 0 Å². The molecule has 1 rings (SSSR count). The lowest BCUT2D eigenvalue weighted by Crippen LogP contribution is -1.84. The Morgan fingerprint density at radius 2 is 2.27 bits per heavy atom. The SMILES string of the molecule is [C-]#[N+]Cc1ccc(Br)cc1I. The van der Waals surface area contributed by atoms with E-state index in [-0.39, 0.29) is 0 Å². The molecular formula is C8H5BrIN. The minimum Gasteiger partial charge on any atom is -0.312 e. The Hall–Kier alpha value is -0.0800. The molecule has 0 aliphatic carbocycles. The van der Waals surface area contributed by atoms with Gasteiger partial charge in [0.05, 0.1) is 0 Å². The number of nitrogens with zero attached hydrogens (tertiary/aromatic N) is 1. The topological polar surface area (TPSA) is 4.36 Å². The zero-order valence-electron chi connectivity index (χ0n) is 5.64. The van der Waals surface area contributed by atoms with Gasteiger partial charge in [-0.1, -0.05) is 15.9 Å². The molecule has 0 fully saturated rings. The first kappa shape index (κ1) is 9.01. The van der Waals surface area contributed by atoms with Crippen LogP contribution in [0.1, 0.15) is 5.56 Å². The van der Waals surface area contributed by atoms with Crippen molar-refractivity contribution in [3.05, 3.63) is 43.2 Å². The Morgan fingerprint density at radius 3 is 2.82 bits per heavy atom. The molecule has 0 unspecified atom stereocenters. The van der Waals surface area contributed by atoms with E-state index in [9.17, 15) is 0 Å². The largest absolute Gasteiger partial charge is 0.312 e. The van der Waals surface area contributed by atoms with Gasteiger partial charge in [0.1, 0.15) is 0 Å². The lowest BCUT2D eigenvalue weighted by molar-refractivity contribution is 1.24. The third-order valence-corrected chi connectivity index (χ3v) is 2.76. The fraction of sp³-hybridized carbons (Fsp3) is 0.125. The first-order valence-corrected chi connectivity index (χ1v) is 4.88. The van der Waals surface area contributed by atoms with E-state index < -0.39 is 0 Å². The van der Waals surface area contributed by atoms with Crippen LogP contribution >= 0.6 is 38.5 Å². The molecule has 0 spiro atoms. The van der Waals surface area contributed by atoms with Gasteiger partial charge in [-0.25, -0.2) is 6.57 Å². The third-order valence-electron chi connectivity index (χ3n) is 1.26. The molecule has 0 heterocycles. The summed E-state index contributed by atoms with van der Waals surface area (Å²) < 4.78 is 2.21. The Bertz CT molecular complexity index is 303. The molecule has 0 saturated heterocycles. The summed E-state index contributed by atoms with van der Waals surface area (Å²) in [6.07, 6.45) is 0. The van der Waals surface area contributed by atoms with Crippen LogP contribution in [0.15, 0.2) is 22.7 Å². The second-order valence-corrected chi connectivity index (χ2v) is 4.13. The predicted molar refractivity (Wildman–Crippen MR) is 57.2 cm³/mol. The summed E-state index contributed by atoms with van der Waals surface area (Å²) in [5.74, 6) is 0. The number of hydrogen-bond acceptors (Lipinski definition) is 0. The van der Waals surface area contributed by atoms with Crippen molar-refractivity contribution in [1.29, 1.82) is 0 Å². The average Bonchev–Trinajstić information content (AvgIpc) is 1.95. The van der Waals surface area contributed by atoms with Crippen molar-refractivity contribution in [1.82, 2.24) is 0 Å². The molecule has 56 valence electrons. The van der Waals surface area contributed by atoms with Gasteiger partial charge in [0, 0.05) is 13.6 Å².